The van der Waals surface area contributed by atoms with Gasteiger partial charge in [-0.25, -0.2) is 18.7 Å². The minimum absolute atomic E-state index is 0. The summed E-state index contributed by atoms with van der Waals surface area (Å²) in [7, 11) is 4.47. The number of hydrogen-bond acceptors (Lipinski definition) is 13. The van der Waals surface area contributed by atoms with E-state index in [1.165, 1.54) is 54.8 Å². The molecular formula is C39H46ClF2N15NaO2P. The van der Waals surface area contributed by atoms with E-state index in [0.717, 1.165) is 17.2 Å². The second kappa shape index (κ2) is 21.1. The number of fused-ring (bicyclic) bond motifs is 2. The summed E-state index contributed by atoms with van der Waals surface area (Å²) in [4.78, 5) is 7.01. The van der Waals surface area contributed by atoms with Crippen LogP contribution >= 0.6 is 20.6 Å². The van der Waals surface area contributed by atoms with Crippen LogP contribution in [0.25, 0.3) is 34.1 Å². The molecule has 0 saturated heterocycles. The molecule has 0 atom stereocenters. The van der Waals surface area contributed by atoms with Crippen molar-refractivity contribution in [3.63, 3.8) is 0 Å². The van der Waals surface area contributed by atoms with E-state index < -0.39 is 80.8 Å². The van der Waals surface area contributed by atoms with Crippen LogP contribution in [0.1, 0.15) is 87.5 Å². The Morgan fingerprint density at radius 3 is 1.77 bits per heavy atom. The first-order valence-electron chi connectivity index (χ1n) is 25.0. The molecule has 8 rings (SSSR count). The van der Waals surface area contributed by atoms with E-state index in [0.29, 0.717) is 20.6 Å². The molecule has 0 fully saturated rings. The fourth-order valence-electron chi connectivity index (χ4n) is 4.93. The van der Waals surface area contributed by atoms with Crippen molar-refractivity contribution < 1.29 is 71.5 Å². The van der Waals surface area contributed by atoms with E-state index in [1.807, 2.05) is 0 Å². The van der Waals surface area contributed by atoms with Crippen LogP contribution in [0.4, 0.5) is 8.78 Å². The van der Waals surface area contributed by atoms with Gasteiger partial charge in [0, 0.05) is 48.6 Å². The molecule has 0 bridgehead atoms. The van der Waals surface area contributed by atoms with Crippen LogP contribution in [-0.4, -0.2) is 81.3 Å². The van der Waals surface area contributed by atoms with Gasteiger partial charge in [-0.3, -0.25) is 14.1 Å². The summed E-state index contributed by atoms with van der Waals surface area (Å²) in [6, 6.07) is 14.6. The van der Waals surface area contributed by atoms with Crippen LogP contribution in [0.15, 0.2) is 78.1 Å². The summed E-state index contributed by atoms with van der Waals surface area (Å²) >= 11 is 6.22. The van der Waals surface area contributed by atoms with E-state index in [9.17, 15) is 8.78 Å². The number of benzene rings is 2. The van der Waals surface area contributed by atoms with Gasteiger partial charge in [0.05, 0.1) is 16.6 Å². The van der Waals surface area contributed by atoms with Crippen molar-refractivity contribution in [2.45, 2.75) is 65.3 Å². The van der Waals surface area contributed by atoms with Crippen molar-refractivity contribution in [1.29, 1.82) is 0 Å². The van der Waals surface area contributed by atoms with Gasteiger partial charge in [0.2, 0.25) is 5.88 Å². The van der Waals surface area contributed by atoms with Crippen molar-refractivity contribution >= 4 is 31.9 Å². The molecule has 8 aromatic rings. The minimum atomic E-state index is -2.92. The summed E-state index contributed by atoms with van der Waals surface area (Å²) in [5.41, 5.74) is -1.95. The number of halogens is 3. The average molecular weight is 900 g/mol. The third-order valence-corrected chi connectivity index (χ3v) is 8.00. The number of nitrogens with zero attached hydrogens (tertiary/aromatic N) is 15. The third-order valence-electron chi connectivity index (χ3n) is 7.72. The molecule has 17 nitrogen and oxygen atoms in total. The maximum atomic E-state index is 14.5. The van der Waals surface area contributed by atoms with Crippen LogP contribution in [0.5, 0.6) is 5.88 Å². The van der Waals surface area contributed by atoms with E-state index in [2.05, 4.69) is 64.5 Å². The number of aryl methyl sites for hydroxylation is 2. The first-order valence-corrected chi connectivity index (χ1v) is 17.8. The Morgan fingerprint density at radius 1 is 0.803 bits per heavy atom. The first kappa shape index (κ1) is 30.0. The standard InChI is InChI=1S/C19H20FN7O.C15H14ClFN4.C4H7N3O.CH4NP.Na.H/c1-19(2,3)13-9-15-23-24-17(12-7-5-6-8-14(12)20)27(15)25-18(13)28-10-16-21-11-22-26(16)4;1-15(2,3)10-8-12-18-19-14(21(12)20-13(10)16)9-6-4-5-7-11(9)17;1-7-4(2-8)5-3-6-7;1-2-3;;/h5-9,11H,10H2,1-4H3;4-8H,1-3H3;3,8H,2H2,1H3;3H,1H3;;/q;;;;+1;-1/i1D3,4D3,10D2;1D3;1D3,2D2;;;. The fourth-order valence-corrected chi connectivity index (χ4v) is 5.30. The van der Waals surface area contributed by atoms with E-state index in [1.54, 1.807) is 45.2 Å². The van der Waals surface area contributed by atoms with E-state index in [4.69, 9.17) is 43.4 Å². The van der Waals surface area contributed by atoms with Crippen molar-refractivity contribution in [2.24, 2.45) is 18.7 Å². The second-order valence-electron chi connectivity index (χ2n) is 13.0. The monoisotopic (exact) mass is 899 g/mol. The minimum Gasteiger partial charge on any atom is -1.00 e. The first-order chi connectivity index (χ1) is 34.8. The number of aromatic nitrogens is 14. The predicted molar refractivity (Wildman–Crippen MR) is 225 cm³/mol. The molecule has 0 spiro atoms. The molecule has 0 aliphatic rings. The Balaban J connectivity index is 0.000000327. The Hall–Kier alpha value is -5.17. The zero-order valence-corrected chi connectivity index (χ0v) is 36.9. The van der Waals surface area contributed by atoms with E-state index in [-0.39, 0.29) is 70.1 Å². The van der Waals surface area contributed by atoms with E-state index >= 15 is 0 Å². The average Bonchev–Trinajstić information content (AvgIpc) is 4.13. The summed E-state index contributed by atoms with van der Waals surface area (Å²) < 4.78 is 162. The molecule has 0 aliphatic carbocycles. The van der Waals surface area contributed by atoms with Crippen LogP contribution in [0, 0.1) is 11.6 Å². The maximum Gasteiger partial charge on any atom is 1.00 e. The van der Waals surface area contributed by atoms with Gasteiger partial charge in [-0.05, 0) is 56.3 Å². The van der Waals surface area contributed by atoms with Crippen LogP contribution in [-0.2, 0) is 37.9 Å². The molecule has 6 heterocycles. The molecule has 2 aromatic carbocycles. The molecule has 1 N–H and O–H groups in total. The molecule has 0 unspecified atom stereocenters. The molecule has 61 heavy (non-hydrogen) atoms. The van der Waals surface area contributed by atoms with Gasteiger partial charge in [0.25, 0.3) is 0 Å². The van der Waals surface area contributed by atoms with Crippen LogP contribution < -0.4 is 34.3 Å². The van der Waals surface area contributed by atoms with Gasteiger partial charge in [-0.2, -0.15) is 24.3 Å². The second-order valence-corrected chi connectivity index (χ2v) is 13.8. The van der Waals surface area contributed by atoms with Gasteiger partial charge >= 0.3 is 29.6 Å². The van der Waals surface area contributed by atoms with Crippen LogP contribution in [0.3, 0.4) is 0 Å². The zero-order valence-electron chi connectivity index (χ0n) is 50.1. The third kappa shape index (κ3) is 11.8. The van der Waals surface area contributed by atoms with Crippen LogP contribution in [0.2, 0.25) is 5.15 Å². The fraction of sp³-hybridized carbons (Fsp3) is 0.333. The maximum absolute atomic E-state index is 14.5. The number of aliphatic hydroxyl groups is 1. The van der Waals surface area contributed by atoms with Gasteiger partial charge in [-0.1, -0.05) is 77.3 Å². The van der Waals surface area contributed by atoms with Gasteiger partial charge < -0.3 is 11.3 Å². The predicted octanol–water partition coefficient (Wildman–Crippen LogP) is 4.18. The molecule has 6 aromatic heterocycles. The van der Waals surface area contributed by atoms with Crippen molar-refractivity contribution in [2.75, 3.05) is 7.05 Å². The molecule has 22 heteroatoms. The molecule has 316 valence electrons. The number of hydrogen-bond donors (Lipinski definition) is 1. The smallest absolute Gasteiger partial charge is 1.00 e. The van der Waals surface area contributed by atoms with Crippen molar-refractivity contribution in [3.05, 3.63) is 113 Å². The Labute approximate surface area is 404 Å². The summed E-state index contributed by atoms with van der Waals surface area (Å²) in [6.07, 6.45) is 1.72. The Morgan fingerprint density at radius 2 is 1.28 bits per heavy atom. The zero-order chi connectivity index (χ0) is 57.4. The molecular weight excluding hydrogens is 838 g/mol. The summed E-state index contributed by atoms with van der Waals surface area (Å²) in [5, 5.41) is 40.0. The summed E-state index contributed by atoms with van der Waals surface area (Å²) in [5.74, 6) is -2.76. The molecule has 0 radical (unpaired) electrons. The topological polar surface area (TPSA) is 189 Å². The van der Waals surface area contributed by atoms with Gasteiger partial charge in [0.15, 0.2) is 39.7 Å². The Kier molecular flexibility index (Phi) is 10.4. The van der Waals surface area contributed by atoms with Crippen molar-refractivity contribution in [3.8, 4) is 28.7 Å². The largest absolute Gasteiger partial charge is 1.00 e. The SMILES string of the molecule is CN=P.[2H]C([2H])(O)c1ncnn1C([2H])([2H])[2H].[2H]C([2H])(Oc1nn2c(-c3ccccc3F)nnc2cc1C(C)(C)C([2H])([2H])[2H])c1ncnn1C([2H])([2H])[2H].[2H]C([2H])([2H])C(C)(C)c1cc2nnc(-c3ccccc3F)n2nc1Cl.[H-].[Na+]. The normalized spacial score (nSPS) is 16.3. The number of ether oxygens (including phenoxy) is 1. The molecule has 0 saturated carbocycles. The van der Waals surface area contributed by atoms with Gasteiger partial charge in [-0.15, -0.1) is 25.5 Å². The molecule has 0 amide bonds. The summed E-state index contributed by atoms with van der Waals surface area (Å²) in [6.45, 7) is -10.2. The van der Waals surface area contributed by atoms with Crippen molar-refractivity contribution in [1.82, 2.24) is 69.2 Å². The quantitative estimate of drug-likeness (QED) is 0.186. The Bertz CT molecular complexity index is 3320. The molecule has 0 aliphatic heterocycles. The number of rotatable bonds is 6. The van der Waals surface area contributed by atoms with Gasteiger partial charge in [0.1, 0.15) is 37.4 Å².